The molecule has 2 rings (SSSR count). The Bertz CT molecular complexity index is 311. The fourth-order valence-electron chi connectivity index (χ4n) is 1.86. The van der Waals surface area contributed by atoms with Crippen LogP contribution in [0.2, 0.25) is 0 Å². The van der Waals surface area contributed by atoms with Gasteiger partial charge in [-0.15, -0.1) is 11.3 Å². The van der Waals surface area contributed by atoms with Crippen molar-refractivity contribution in [2.24, 2.45) is 11.8 Å². The van der Waals surface area contributed by atoms with Crippen molar-refractivity contribution in [3.05, 3.63) is 20.3 Å². The lowest BCUT2D eigenvalue weighted by atomic mass is 10.1. The molecule has 1 saturated carbocycles. The molecule has 1 aromatic heterocycles. The molecule has 1 N–H and O–H groups in total. The molecule has 1 atom stereocenters. The third-order valence-corrected chi connectivity index (χ3v) is 5.24. The van der Waals surface area contributed by atoms with Gasteiger partial charge >= 0.3 is 0 Å². The second kappa shape index (κ2) is 4.98. The van der Waals surface area contributed by atoms with Crippen molar-refractivity contribution in [1.29, 1.82) is 0 Å². The summed E-state index contributed by atoms with van der Waals surface area (Å²) in [6, 6.07) is 2.23. The molecule has 1 aliphatic rings. The van der Waals surface area contributed by atoms with E-state index in [0.717, 1.165) is 18.4 Å². The number of rotatable bonds is 5. The van der Waals surface area contributed by atoms with Crippen molar-refractivity contribution in [2.75, 3.05) is 6.54 Å². The molecule has 0 bridgehead atoms. The van der Waals surface area contributed by atoms with Crippen molar-refractivity contribution in [2.45, 2.75) is 33.2 Å². The van der Waals surface area contributed by atoms with E-state index in [9.17, 15) is 0 Å². The van der Waals surface area contributed by atoms with E-state index in [0.29, 0.717) is 0 Å². The Balaban J connectivity index is 1.73. The molecule has 0 saturated heterocycles. The molecule has 0 amide bonds. The summed E-state index contributed by atoms with van der Waals surface area (Å²) < 4.78 is 1.25. The molecule has 0 aliphatic heterocycles. The summed E-state index contributed by atoms with van der Waals surface area (Å²) in [6.45, 7) is 6.71. The Labute approximate surface area is 104 Å². The molecular weight excluding hydrogens is 270 g/mol. The maximum absolute atomic E-state index is 3.55. The highest BCUT2D eigenvalue weighted by molar-refractivity contribution is 9.10. The predicted octanol–water partition coefficient (Wildman–Crippen LogP) is 3.95. The molecule has 1 aliphatic carbocycles. The van der Waals surface area contributed by atoms with Gasteiger partial charge in [-0.25, -0.2) is 0 Å². The monoisotopic (exact) mass is 287 g/mol. The van der Waals surface area contributed by atoms with Gasteiger partial charge in [0.15, 0.2) is 0 Å². The largest absolute Gasteiger partial charge is 0.312 e. The van der Waals surface area contributed by atoms with Crippen LogP contribution in [0.5, 0.6) is 0 Å². The molecule has 84 valence electrons. The fourth-order valence-corrected chi connectivity index (χ4v) is 3.43. The number of aryl methyl sites for hydroxylation is 1. The minimum atomic E-state index is 0.856. The molecule has 1 nitrogen and oxygen atoms in total. The molecular formula is C12H18BrNS. The molecule has 1 aromatic rings. The van der Waals surface area contributed by atoms with Gasteiger partial charge in [-0.1, -0.05) is 6.92 Å². The van der Waals surface area contributed by atoms with Crippen LogP contribution in [0, 0.1) is 18.8 Å². The summed E-state index contributed by atoms with van der Waals surface area (Å²) in [7, 11) is 0. The molecule has 1 fully saturated rings. The van der Waals surface area contributed by atoms with E-state index in [-0.39, 0.29) is 0 Å². The first-order valence-corrected chi connectivity index (χ1v) is 7.23. The highest BCUT2D eigenvalue weighted by atomic mass is 79.9. The molecule has 0 radical (unpaired) electrons. The first-order chi connectivity index (χ1) is 7.16. The van der Waals surface area contributed by atoms with E-state index in [1.807, 2.05) is 11.3 Å². The van der Waals surface area contributed by atoms with Crippen molar-refractivity contribution in [3.63, 3.8) is 0 Å². The van der Waals surface area contributed by atoms with Crippen LogP contribution >= 0.6 is 27.3 Å². The van der Waals surface area contributed by atoms with Crippen molar-refractivity contribution in [1.82, 2.24) is 5.32 Å². The average molecular weight is 288 g/mol. The average Bonchev–Trinajstić information content (AvgIpc) is 2.96. The number of hydrogen-bond acceptors (Lipinski definition) is 2. The van der Waals surface area contributed by atoms with Crippen molar-refractivity contribution >= 4 is 27.3 Å². The van der Waals surface area contributed by atoms with Crippen LogP contribution in [-0.2, 0) is 6.54 Å². The maximum atomic E-state index is 3.55. The van der Waals surface area contributed by atoms with Gasteiger partial charge in [0, 0.05) is 20.8 Å². The Morgan fingerprint density at radius 3 is 2.87 bits per heavy atom. The lowest BCUT2D eigenvalue weighted by Crippen LogP contribution is -2.21. The van der Waals surface area contributed by atoms with E-state index in [1.54, 1.807) is 0 Å². The lowest BCUT2D eigenvalue weighted by molar-refractivity contribution is 0.463. The zero-order valence-corrected chi connectivity index (χ0v) is 11.7. The second-order valence-corrected chi connectivity index (χ2v) is 6.76. The van der Waals surface area contributed by atoms with Crippen LogP contribution in [0.15, 0.2) is 10.5 Å². The Hall–Kier alpha value is 0.140. The summed E-state index contributed by atoms with van der Waals surface area (Å²) in [4.78, 5) is 2.81. The highest BCUT2D eigenvalue weighted by Crippen LogP contribution is 2.36. The number of thiophene rings is 1. The van der Waals surface area contributed by atoms with Gasteiger partial charge < -0.3 is 5.32 Å². The molecule has 3 heteroatoms. The van der Waals surface area contributed by atoms with Gasteiger partial charge in [0.25, 0.3) is 0 Å². The topological polar surface area (TPSA) is 12.0 Å². The third kappa shape index (κ3) is 3.30. The van der Waals surface area contributed by atoms with Gasteiger partial charge in [-0.3, -0.25) is 0 Å². The lowest BCUT2D eigenvalue weighted by Gasteiger charge is -2.10. The minimum Gasteiger partial charge on any atom is -0.312 e. The van der Waals surface area contributed by atoms with Crippen LogP contribution in [0.25, 0.3) is 0 Å². The molecule has 15 heavy (non-hydrogen) atoms. The van der Waals surface area contributed by atoms with E-state index >= 15 is 0 Å². The summed E-state index contributed by atoms with van der Waals surface area (Å²) in [5.41, 5.74) is 0. The van der Waals surface area contributed by atoms with Gasteiger partial charge in [-0.05, 0) is 60.1 Å². The van der Waals surface area contributed by atoms with Gasteiger partial charge in [-0.2, -0.15) is 0 Å². The molecule has 0 aromatic carbocycles. The summed E-state index contributed by atoms with van der Waals surface area (Å²) in [5.74, 6) is 1.86. The Morgan fingerprint density at radius 1 is 1.60 bits per heavy atom. The van der Waals surface area contributed by atoms with Crippen LogP contribution < -0.4 is 5.32 Å². The minimum absolute atomic E-state index is 0.856. The third-order valence-electron chi connectivity index (χ3n) is 3.10. The van der Waals surface area contributed by atoms with Crippen molar-refractivity contribution in [3.8, 4) is 0 Å². The smallest absolute Gasteiger partial charge is 0.0314 e. The molecule has 1 unspecified atom stereocenters. The fraction of sp³-hybridized carbons (Fsp3) is 0.667. The van der Waals surface area contributed by atoms with Crippen LogP contribution in [-0.4, -0.2) is 6.54 Å². The van der Waals surface area contributed by atoms with Gasteiger partial charge in [0.05, 0.1) is 0 Å². The second-order valence-electron chi connectivity index (χ2n) is 4.56. The Kier molecular flexibility index (Phi) is 3.86. The zero-order chi connectivity index (χ0) is 10.8. The van der Waals surface area contributed by atoms with E-state index in [1.165, 1.54) is 33.6 Å². The Morgan fingerprint density at radius 2 is 2.33 bits per heavy atom. The van der Waals surface area contributed by atoms with Gasteiger partial charge in [0.1, 0.15) is 0 Å². The van der Waals surface area contributed by atoms with Crippen molar-refractivity contribution < 1.29 is 0 Å². The van der Waals surface area contributed by atoms with E-state index in [2.05, 4.69) is 41.2 Å². The maximum Gasteiger partial charge on any atom is 0.0314 e. The summed E-state index contributed by atoms with van der Waals surface area (Å²) in [6.07, 6.45) is 2.90. The molecule has 1 heterocycles. The number of hydrogen-bond donors (Lipinski definition) is 1. The highest BCUT2D eigenvalue weighted by Gasteiger charge is 2.27. The van der Waals surface area contributed by atoms with Gasteiger partial charge in [0.2, 0.25) is 0 Å². The number of nitrogens with one attached hydrogen (secondary N) is 1. The normalized spacial score (nSPS) is 18.1. The standard InChI is InChI=1S/C12H18BrNS/c1-8(10-3-4-10)6-14-7-11-5-12(13)9(2)15-11/h5,8,10,14H,3-4,6-7H2,1-2H3. The first-order valence-electron chi connectivity index (χ1n) is 5.62. The summed E-state index contributed by atoms with van der Waals surface area (Å²) >= 11 is 5.43. The van der Waals surface area contributed by atoms with Crippen LogP contribution in [0.3, 0.4) is 0 Å². The SMILES string of the molecule is Cc1sc(CNCC(C)C2CC2)cc1Br. The summed E-state index contributed by atoms with van der Waals surface area (Å²) in [5, 5.41) is 3.55. The number of halogens is 1. The predicted molar refractivity (Wildman–Crippen MR) is 70.4 cm³/mol. The van der Waals surface area contributed by atoms with Crippen LogP contribution in [0.4, 0.5) is 0 Å². The quantitative estimate of drug-likeness (QED) is 0.865. The molecule has 0 spiro atoms. The first kappa shape index (κ1) is 11.6. The zero-order valence-electron chi connectivity index (χ0n) is 9.35. The van der Waals surface area contributed by atoms with E-state index in [4.69, 9.17) is 0 Å². The van der Waals surface area contributed by atoms with E-state index < -0.39 is 0 Å². The van der Waals surface area contributed by atoms with Crippen LogP contribution in [0.1, 0.15) is 29.5 Å².